The summed E-state index contributed by atoms with van der Waals surface area (Å²) in [4.78, 5) is 25.6. The number of aromatic nitrogens is 4. The van der Waals surface area contributed by atoms with E-state index in [1.165, 1.54) is 21.8 Å². The van der Waals surface area contributed by atoms with Gasteiger partial charge in [-0.1, -0.05) is 6.92 Å². The molecule has 148 valence electrons. The first-order chi connectivity index (χ1) is 13.7. The number of nitrogens with zero attached hydrogens (tertiary/aromatic N) is 4. The topological polar surface area (TPSA) is 85.9 Å². The first-order valence-electron chi connectivity index (χ1n) is 10.0. The van der Waals surface area contributed by atoms with Gasteiger partial charge >= 0.3 is 0 Å². The minimum atomic E-state index is -0.220. The van der Waals surface area contributed by atoms with E-state index in [-0.39, 0.29) is 11.7 Å². The molecule has 1 atom stereocenters. The molecule has 2 N–H and O–H groups in total. The Morgan fingerprint density at radius 2 is 2.29 bits per heavy atom. The fourth-order valence-corrected chi connectivity index (χ4v) is 5.36. The molecule has 0 saturated carbocycles. The van der Waals surface area contributed by atoms with Crippen molar-refractivity contribution in [2.45, 2.75) is 26.2 Å². The molecule has 1 aliphatic heterocycles. The molecule has 2 aliphatic rings. The normalized spacial score (nSPS) is 20.5. The maximum absolute atomic E-state index is 12.6. The number of fused-ring (bicyclic) bond motifs is 5. The van der Waals surface area contributed by atoms with Crippen molar-refractivity contribution in [3.05, 3.63) is 22.6 Å². The van der Waals surface area contributed by atoms with Gasteiger partial charge in [0, 0.05) is 4.88 Å². The fraction of sp³-hybridized carbons (Fsp3) is 0.579. The third-order valence-electron chi connectivity index (χ3n) is 5.80. The second kappa shape index (κ2) is 7.38. The highest BCUT2D eigenvalue weighted by Crippen LogP contribution is 2.38. The number of ether oxygens (including phenoxy) is 1. The summed E-state index contributed by atoms with van der Waals surface area (Å²) in [6, 6.07) is 0. The minimum absolute atomic E-state index is 0.218. The van der Waals surface area contributed by atoms with E-state index < -0.39 is 0 Å². The number of amides is 1. The molecule has 3 aromatic rings. The van der Waals surface area contributed by atoms with Crippen molar-refractivity contribution in [3.8, 4) is 0 Å². The van der Waals surface area contributed by atoms with Gasteiger partial charge in [-0.15, -0.1) is 16.4 Å². The van der Waals surface area contributed by atoms with Crippen LogP contribution < -0.4 is 10.2 Å². The van der Waals surface area contributed by atoms with Crippen LogP contribution in [-0.2, 0) is 17.6 Å². The van der Waals surface area contributed by atoms with Crippen molar-refractivity contribution in [3.63, 3.8) is 0 Å². The number of quaternary nitrogens is 1. The summed E-state index contributed by atoms with van der Waals surface area (Å²) in [6.45, 7) is 7.38. The molecule has 9 heteroatoms. The largest absolute Gasteiger partial charge is 0.370 e. The molecule has 8 nitrogen and oxygen atoms in total. The van der Waals surface area contributed by atoms with Gasteiger partial charge < -0.3 is 15.0 Å². The van der Waals surface area contributed by atoms with Gasteiger partial charge in [0.1, 0.15) is 24.2 Å². The quantitative estimate of drug-likeness (QED) is 0.648. The Kier molecular flexibility index (Phi) is 4.73. The molecule has 0 aromatic carbocycles. The number of thiophene rings is 1. The number of aryl methyl sites for hydroxylation is 1. The van der Waals surface area contributed by atoms with Crippen LogP contribution in [0.25, 0.3) is 15.9 Å². The average Bonchev–Trinajstić information content (AvgIpc) is 3.29. The van der Waals surface area contributed by atoms with E-state index in [0.29, 0.717) is 12.5 Å². The molecule has 1 amide bonds. The van der Waals surface area contributed by atoms with Crippen molar-refractivity contribution in [2.24, 2.45) is 5.92 Å². The Balaban J connectivity index is 1.37. The van der Waals surface area contributed by atoms with Gasteiger partial charge in [0.05, 0.1) is 31.7 Å². The molecule has 0 spiro atoms. The Morgan fingerprint density at radius 1 is 1.43 bits per heavy atom. The van der Waals surface area contributed by atoms with Crippen LogP contribution >= 0.6 is 11.3 Å². The number of rotatable bonds is 4. The maximum atomic E-state index is 12.6. The summed E-state index contributed by atoms with van der Waals surface area (Å²) in [5, 5.41) is 8.43. The van der Waals surface area contributed by atoms with Crippen molar-refractivity contribution in [2.75, 3.05) is 39.4 Å². The summed E-state index contributed by atoms with van der Waals surface area (Å²) in [5.74, 6) is 0.663. The van der Waals surface area contributed by atoms with Gasteiger partial charge in [-0.3, -0.25) is 4.79 Å². The standard InChI is InChI=1S/C19H24N6O2S/c1-12-2-3-14-13(10-12)15-17-22-16(23-25(17)11-21-19(15)28-14)18(26)20-4-5-24-6-8-27-9-7-24/h11-12H,2-10H2,1H3,(H,20,26)/p+1/t12-/m1/s1. The SMILES string of the molecule is C[C@@H]1CCc2sc3ncn4nc(C(=O)NCC[NH+]5CCOCC5)nc4c3c2C1. The molecule has 0 bridgehead atoms. The minimum Gasteiger partial charge on any atom is -0.370 e. The lowest BCUT2D eigenvalue weighted by atomic mass is 9.89. The van der Waals surface area contributed by atoms with Gasteiger partial charge in [0.2, 0.25) is 5.82 Å². The Morgan fingerprint density at radius 3 is 3.14 bits per heavy atom. The van der Waals surface area contributed by atoms with Crippen LogP contribution in [0, 0.1) is 5.92 Å². The Hall–Kier alpha value is -2.10. The zero-order chi connectivity index (χ0) is 19.1. The fourth-order valence-electron chi connectivity index (χ4n) is 4.18. The van der Waals surface area contributed by atoms with Crippen LogP contribution in [0.15, 0.2) is 6.33 Å². The first kappa shape index (κ1) is 18.0. The van der Waals surface area contributed by atoms with Gasteiger partial charge in [-0.25, -0.2) is 14.5 Å². The zero-order valence-corrected chi connectivity index (χ0v) is 16.8. The highest BCUT2D eigenvalue weighted by molar-refractivity contribution is 7.19. The van der Waals surface area contributed by atoms with E-state index in [2.05, 4.69) is 27.3 Å². The second-order valence-corrected chi connectivity index (χ2v) is 8.93. The molecule has 1 fully saturated rings. The highest BCUT2D eigenvalue weighted by Gasteiger charge is 2.24. The van der Waals surface area contributed by atoms with E-state index in [4.69, 9.17) is 4.74 Å². The van der Waals surface area contributed by atoms with E-state index in [1.54, 1.807) is 22.2 Å². The van der Waals surface area contributed by atoms with Gasteiger partial charge in [-0.05, 0) is 30.7 Å². The molecule has 1 saturated heterocycles. The molecular weight excluding hydrogens is 376 g/mol. The predicted molar refractivity (Wildman–Crippen MR) is 106 cm³/mol. The van der Waals surface area contributed by atoms with Crippen LogP contribution in [0.2, 0.25) is 0 Å². The van der Waals surface area contributed by atoms with Crippen molar-refractivity contribution < 1.29 is 14.4 Å². The van der Waals surface area contributed by atoms with E-state index in [1.807, 2.05) is 0 Å². The number of nitrogens with one attached hydrogen (secondary N) is 2. The van der Waals surface area contributed by atoms with Crippen LogP contribution in [0.1, 0.15) is 34.4 Å². The predicted octanol–water partition coefficient (Wildman–Crippen LogP) is 0.109. The third-order valence-corrected chi connectivity index (χ3v) is 7.00. The molecular formula is C19H25N6O2S+. The van der Waals surface area contributed by atoms with Crippen LogP contribution in [0.5, 0.6) is 0 Å². The first-order valence-corrected chi connectivity index (χ1v) is 10.9. The van der Waals surface area contributed by atoms with Gasteiger partial charge in [-0.2, -0.15) is 0 Å². The van der Waals surface area contributed by atoms with Gasteiger partial charge in [0.25, 0.3) is 5.91 Å². The lowest BCUT2D eigenvalue weighted by Crippen LogP contribution is -3.14. The molecule has 5 rings (SSSR count). The number of morpholine rings is 1. The number of hydrogen-bond donors (Lipinski definition) is 2. The highest BCUT2D eigenvalue weighted by atomic mass is 32.1. The van der Waals surface area contributed by atoms with E-state index in [0.717, 1.165) is 61.6 Å². The van der Waals surface area contributed by atoms with Gasteiger partial charge in [0.15, 0.2) is 5.65 Å². The molecule has 1 aliphatic carbocycles. The third kappa shape index (κ3) is 3.27. The Bertz CT molecular complexity index is 1020. The summed E-state index contributed by atoms with van der Waals surface area (Å²) < 4.78 is 7.02. The van der Waals surface area contributed by atoms with Crippen molar-refractivity contribution >= 4 is 33.1 Å². The van der Waals surface area contributed by atoms with Crippen LogP contribution in [0.3, 0.4) is 0 Å². The summed E-state index contributed by atoms with van der Waals surface area (Å²) in [5.41, 5.74) is 2.10. The summed E-state index contributed by atoms with van der Waals surface area (Å²) in [7, 11) is 0. The number of carbonyl (C=O) groups excluding carboxylic acids is 1. The van der Waals surface area contributed by atoms with Crippen LogP contribution in [0.4, 0.5) is 0 Å². The lowest BCUT2D eigenvalue weighted by molar-refractivity contribution is -0.906. The lowest BCUT2D eigenvalue weighted by Gasteiger charge is -2.23. The van der Waals surface area contributed by atoms with Crippen molar-refractivity contribution in [1.82, 2.24) is 24.9 Å². The molecule has 28 heavy (non-hydrogen) atoms. The van der Waals surface area contributed by atoms with E-state index >= 15 is 0 Å². The smallest absolute Gasteiger partial charge is 0.291 e. The Labute approximate surface area is 166 Å². The number of carbonyl (C=O) groups is 1. The molecule has 3 aromatic heterocycles. The second-order valence-electron chi connectivity index (χ2n) is 7.85. The zero-order valence-electron chi connectivity index (χ0n) is 16.0. The van der Waals surface area contributed by atoms with Crippen molar-refractivity contribution in [1.29, 1.82) is 0 Å². The monoisotopic (exact) mass is 401 g/mol. The molecule has 0 radical (unpaired) electrons. The summed E-state index contributed by atoms with van der Waals surface area (Å²) >= 11 is 1.76. The van der Waals surface area contributed by atoms with E-state index in [9.17, 15) is 4.79 Å². The number of hydrogen-bond acceptors (Lipinski definition) is 6. The molecule has 4 heterocycles. The summed E-state index contributed by atoms with van der Waals surface area (Å²) in [6.07, 6.45) is 5.05. The maximum Gasteiger partial charge on any atom is 0.291 e. The molecule has 0 unspecified atom stereocenters. The average molecular weight is 402 g/mol. The van der Waals surface area contributed by atoms with Crippen LogP contribution in [-0.4, -0.2) is 64.9 Å².